The van der Waals surface area contributed by atoms with Crippen LogP contribution in [0.3, 0.4) is 0 Å². The van der Waals surface area contributed by atoms with Crippen LogP contribution in [-0.4, -0.2) is 35.5 Å². The van der Waals surface area contributed by atoms with Crippen LogP contribution in [0.5, 0.6) is 11.5 Å². The first kappa shape index (κ1) is 15.3. The Morgan fingerprint density at radius 1 is 1.19 bits per heavy atom. The number of hydrogen-bond donors (Lipinski definition) is 1. The molecule has 0 aliphatic heterocycles. The molecule has 114 valence electrons. The Labute approximate surface area is 125 Å². The van der Waals surface area contributed by atoms with E-state index in [-0.39, 0.29) is 6.04 Å². The van der Waals surface area contributed by atoms with E-state index in [0.29, 0.717) is 0 Å². The summed E-state index contributed by atoms with van der Waals surface area (Å²) < 4.78 is 12.9. The van der Waals surface area contributed by atoms with Crippen molar-refractivity contribution in [2.24, 2.45) is 0 Å². The van der Waals surface area contributed by atoms with E-state index in [9.17, 15) is 0 Å². The smallest absolute Gasteiger partial charge is 0.161 e. The van der Waals surface area contributed by atoms with Gasteiger partial charge >= 0.3 is 0 Å². The molecule has 0 amide bonds. The van der Waals surface area contributed by atoms with Crippen molar-refractivity contribution >= 4 is 0 Å². The molecule has 6 nitrogen and oxygen atoms in total. The van der Waals surface area contributed by atoms with Crippen molar-refractivity contribution in [2.75, 3.05) is 20.8 Å². The highest BCUT2D eigenvalue weighted by atomic mass is 16.5. The number of pyridine rings is 1. The van der Waals surface area contributed by atoms with Crippen LogP contribution in [0.4, 0.5) is 0 Å². The molecule has 1 atom stereocenters. The molecule has 0 spiro atoms. The lowest BCUT2D eigenvalue weighted by Gasteiger charge is -2.22. The highest BCUT2D eigenvalue weighted by molar-refractivity contribution is 5.42. The van der Waals surface area contributed by atoms with Crippen LogP contribution in [-0.2, 0) is 6.54 Å². The largest absolute Gasteiger partial charge is 0.495 e. The van der Waals surface area contributed by atoms with Crippen LogP contribution < -0.4 is 14.8 Å². The zero-order valence-electron chi connectivity index (χ0n) is 13.0. The first-order valence-corrected chi connectivity index (χ1v) is 7.07. The molecule has 0 bridgehead atoms. The Morgan fingerprint density at radius 3 is 2.57 bits per heavy atom. The third-order valence-corrected chi connectivity index (χ3v) is 3.39. The van der Waals surface area contributed by atoms with Crippen molar-refractivity contribution in [3.63, 3.8) is 0 Å². The standard InChI is InChI=1S/C15H22N4O2/c1-5-17-14(11-7-8-16-9-12(11)20-3)15-13(21-4)10-18-19(15)6-2/h7-10,14,17H,5-6H2,1-4H3. The molecule has 6 heteroatoms. The van der Waals surface area contributed by atoms with Crippen LogP contribution in [0.25, 0.3) is 0 Å². The highest BCUT2D eigenvalue weighted by Crippen LogP contribution is 2.34. The number of hydrogen-bond acceptors (Lipinski definition) is 5. The van der Waals surface area contributed by atoms with Gasteiger partial charge in [-0.25, -0.2) is 0 Å². The number of methoxy groups -OCH3 is 2. The second-order valence-corrected chi connectivity index (χ2v) is 4.52. The summed E-state index contributed by atoms with van der Waals surface area (Å²) in [4.78, 5) is 4.12. The zero-order chi connectivity index (χ0) is 15.2. The first-order valence-electron chi connectivity index (χ1n) is 7.07. The van der Waals surface area contributed by atoms with Gasteiger partial charge in [0, 0.05) is 18.3 Å². The molecule has 0 saturated heterocycles. The third kappa shape index (κ3) is 3.00. The number of rotatable bonds is 7. The third-order valence-electron chi connectivity index (χ3n) is 3.39. The van der Waals surface area contributed by atoms with E-state index in [0.717, 1.165) is 35.8 Å². The van der Waals surface area contributed by atoms with E-state index in [1.165, 1.54) is 0 Å². The van der Waals surface area contributed by atoms with E-state index in [1.54, 1.807) is 32.8 Å². The normalized spacial score (nSPS) is 12.2. The minimum atomic E-state index is -0.0645. The summed E-state index contributed by atoms with van der Waals surface area (Å²) in [6.07, 6.45) is 5.23. The summed E-state index contributed by atoms with van der Waals surface area (Å²) in [5, 5.41) is 7.86. The Hall–Kier alpha value is -2.08. The van der Waals surface area contributed by atoms with Crippen molar-refractivity contribution in [3.8, 4) is 11.5 Å². The fourth-order valence-corrected chi connectivity index (χ4v) is 2.44. The van der Waals surface area contributed by atoms with Gasteiger partial charge in [-0.15, -0.1) is 0 Å². The Balaban J connectivity index is 2.55. The predicted octanol–water partition coefficient (Wildman–Crippen LogP) is 2.01. The summed E-state index contributed by atoms with van der Waals surface area (Å²) in [5.74, 6) is 1.51. The summed E-state index contributed by atoms with van der Waals surface area (Å²) in [6, 6.07) is 1.89. The van der Waals surface area contributed by atoms with Crippen LogP contribution in [0.15, 0.2) is 24.7 Å². The van der Waals surface area contributed by atoms with E-state index >= 15 is 0 Å². The van der Waals surface area contributed by atoms with Gasteiger partial charge in [0.15, 0.2) is 5.75 Å². The van der Waals surface area contributed by atoms with Crippen molar-refractivity contribution < 1.29 is 9.47 Å². The van der Waals surface area contributed by atoms with E-state index in [1.807, 2.05) is 10.7 Å². The minimum Gasteiger partial charge on any atom is -0.495 e. The second-order valence-electron chi connectivity index (χ2n) is 4.52. The van der Waals surface area contributed by atoms with Crippen molar-refractivity contribution in [1.29, 1.82) is 0 Å². The van der Waals surface area contributed by atoms with Gasteiger partial charge in [0.25, 0.3) is 0 Å². The Bertz CT molecular complexity index is 561. The molecule has 0 saturated carbocycles. The lowest BCUT2D eigenvalue weighted by atomic mass is 10.0. The fraction of sp³-hybridized carbons (Fsp3) is 0.467. The molecular formula is C15H22N4O2. The zero-order valence-corrected chi connectivity index (χ0v) is 13.0. The van der Waals surface area contributed by atoms with Gasteiger partial charge in [-0.05, 0) is 19.5 Å². The van der Waals surface area contributed by atoms with Gasteiger partial charge in [-0.2, -0.15) is 5.10 Å². The van der Waals surface area contributed by atoms with Gasteiger partial charge in [0.05, 0.1) is 32.7 Å². The quantitative estimate of drug-likeness (QED) is 0.845. The van der Waals surface area contributed by atoms with Crippen LogP contribution in [0.2, 0.25) is 0 Å². The molecule has 1 N–H and O–H groups in total. The fourth-order valence-electron chi connectivity index (χ4n) is 2.44. The molecule has 1 unspecified atom stereocenters. The number of nitrogens with zero attached hydrogens (tertiary/aromatic N) is 3. The van der Waals surface area contributed by atoms with Crippen LogP contribution in [0.1, 0.15) is 31.1 Å². The van der Waals surface area contributed by atoms with Gasteiger partial charge in [0.2, 0.25) is 0 Å². The molecule has 0 fully saturated rings. The SMILES string of the molecule is CCNC(c1ccncc1OC)c1c(OC)cnn1CC. The van der Waals surface area contributed by atoms with E-state index in [2.05, 4.69) is 29.2 Å². The van der Waals surface area contributed by atoms with Gasteiger partial charge in [-0.3, -0.25) is 9.67 Å². The minimum absolute atomic E-state index is 0.0645. The maximum atomic E-state index is 5.47. The first-order chi connectivity index (χ1) is 10.3. The number of ether oxygens (including phenoxy) is 2. The summed E-state index contributed by atoms with van der Waals surface area (Å²) in [6.45, 7) is 5.71. The molecule has 0 aliphatic rings. The monoisotopic (exact) mass is 290 g/mol. The van der Waals surface area contributed by atoms with Crippen LogP contribution >= 0.6 is 0 Å². The Kier molecular flexibility index (Phi) is 5.16. The summed E-state index contributed by atoms with van der Waals surface area (Å²) in [5.41, 5.74) is 2.01. The lowest BCUT2D eigenvalue weighted by molar-refractivity contribution is 0.387. The number of nitrogens with one attached hydrogen (secondary N) is 1. The van der Waals surface area contributed by atoms with Crippen molar-refractivity contribution in [1.82, 2.24) is 20.1 Å². The predicted molar refractivity (Wildman–Crippen MR) is 80.8 cm³/mol. The topological polar surface area (TPSA) is 61.2 Å². The molecule has 2 rings (SSSR count). The average Bonchev–Trinajstić information content (AvgIpc) is 2.95. The van der Waals surface area contributed by atoms with E-state index in [4.69, 9.17) is 9.47 Å². The van der Waals surface area contributed by atoms with Gasteiger partial charge < -0.3 is 14.8 Å². The van der Waals surface area contributed by atoms with Crippen molar-refractivity contribution in [2.45, 2.75) is 26.4 Å². The lowest BCUT2D eigenvalue weighted by Crippen LogP contribution is -2.25. The second kappa shape index (κ2) is 7.08. The molecule has 2 aromatic heterocycles. The molecule has 2 aromatic rings. The molecule has 21 heavy (non-hydrogen) atoms. The average molecular weight is 290 g/mol. The van der Waals surface area contributed by atoms with Gasteiger partial charge in [-0.1, -0.05) is 6.92 Å². The highest BCUT2D eigenvalue weighted by Gasteiger charge is 2.25. The number of aryl methyl sites for hydroxylation is 1. The molecule has 0 aliphatic carbocycles. The molecular weight excluding hydrogens is 268 g/mol. The molecule has 0 radical (unpaired) electrons. The molecule has 0 aromatic carbocycles. The molecule has 2 heterocycles. The van der Waals surface area contributed by atoms with Crippen LogP contribution in [0, 0.1) is 0 Å². The Morgan fingerprint density at radius 2 is 1.95 bits per heavy atom. The maximum Gasteiger partial charge on any atom is 0.161 e. The summed E-state index contributed by atoms with van der Waals surface area (Å²) in [7, 11) is 3.31. The van der Waals surface area contributed by atoms with Crippen molar-refractivity contribution in [3.05, 3.63) is 35.9 Å². The number of aromatic nitrogens is 3. The maximum absolute atomic E-state index is 5.47. The summed E-state index contributed by atoms with van der Waals surface area (Å²) >= 11 is 0. The van der Waals surface area contributed by atoms with E-state index < -0.39 is 0 Å². The van der Waals surface area contributed by atoms with Gasteiger partial charge in [0.1, 0.15) is 11.4 Å².